The summed E-state index contributed by atoms with van der Waals surface area (Å²) < 4.78 is 12.7. The van der Waals surface area contributed by atoms with Crippen molar-refractivity contribution in [1.82, 2.24) is 62.5 Å². The molecule has 0 saturated carbocycles. The van der Waals surface area contributed by atoms with Gasteiger partial charge in [0, 0.05) is 77.5 Å². The normalized spacial score (nSPS) is 14.2. The van der Waals surface area contributed by atoms with E-state index in [0.717, 1.165) is 51.9 Å². The van der Waals surface area contributed by atoms with E-state index in [0.29, 0.717) is 43.6 Å². The lowest BCUT2D eigenvalue weighted by Crippen LogP contribution is -2.57. The number of carbonyl (C=O) groups excluding carboxylic acids is 7. The van der Waals surface area contributed by atoms with Crippen LogP contribution in [0.2, 0.25) is 4.34 Å². The van der Waals surface area contributed by atoms with E-state index >= 15 is 0 Å². The van der Waals surface area contributed by atoms with Crippen molar-refractivity contribution in [3.05, 3.63) is 95.8 Å². The zero-order valence-corrected chi connectivity index (χ0v) is 52.4. The fourth-order valence-corrected chi connectivity index (χ4v) is 12.0. The second kappa shape index (κ2) is 36.6. The van der Waals surface area contributed by atoms with Crippen molar-refractivity contribution in [3.63, 3.8) is 0 Å². The molecule has 0 aliphatic rings. The molecule has 86 heavy (non-hydrogen) atoms. The number of carbonyl (C=O) groups is 7. The summed E-state index contributed by atoms with van der Waals surface area (Å²) in [6.45, 7) is 7.53. The summed E-state index contributed by atoms with van der Waals surface area (Å²) in [6.07, 6.45) is 3.59. The Morgan fingerprint density at radius 2 is 1.49 bits per heavy atom. The van der Waals surface area contributed by atoms with Crippen LogP contribution in [0.3, 0.4) is 0 Å². The molecule has 8 atom stereocenters. The van der Waals surface area contributed by atoms with Gasteiger partial charge in [-0.3, -0.25) is 37.8 Å². The van der Waals surface area contributed by atoms with Gasteiger partial charge in [0.25, 0.3) is 11.8 Å². The minimum absolute atomic E-state index is 0.0127. The molecule has 7 amide bonds. The number of thiazole rings is 2. The van der Waals surface area contributed by atoms with Gasteiger partial charge in [-0.2, -0.15) is 0 Å². The third kappa shape index (κ3) is 23.3. The summed E-state index contributed by atoms with van der Waals surface area (Å²) in [5.74, 6) is -6.26. The highest BCUT2D eigenvalue weighted by atomic mass is 35.5. The lowest BCUT2D eigenvalue weighted by molar-refractivity contribution is -0.134. The van der Waals surface area contributed by atoms with Crippen LogP contribution in [0.4, 0.5) is 5.82 Å². The first-order chi connectivity index (χ1) is 41.1. The lowest BCUT2D eigenvalue weighted by atomic mass is 9.91. The third-order valence-corrected chi connectivity index (χ3v) is 17.4. The molecule has 5 aromatic rings. The van der Waals surface area contributed by atoms with Gasteiger partial charge in [0.1, 0.15) is 50.2 Å². The Morgan fingerprint density at radius 3 is 2.15 bits per heavy atom. The number of rotatable bonds is 40. The van der Waals surface area contributed by atoms with Crippen LogP contribution in [0.15, 0.2) is 53.2 Å². The first-order valence-corrected chi connectivity index (χ1v) is 32.8. The number of hydrogen-bond donors (Lipinski definition) is 14. The van der Waals surface area contributed by atoms with Crippen LogP contribution in [-0.4, -0.2) is 165 Å². The first-order valence-electron chi connectivity index (χ1n) is 28.1. The summed E-state index contributed by atoms with van der Waals surface area (Å²) in [5.41, 5.74) is 29.7. The van der Waals surface area contributed by atoms with Crippen molar-refractivity contribution in [2.45, 2.75) is 108 Å². The molecule has 0 fully saturated rings. The minimum Gasteiger partial charge on any atom is -0.390 e. The Morgan fingerprint density at radius 1 is 0.779 bits per heavy atom. The SMILES string of the molecule is Cc1c(N)nc([C@H](CC(N)=O)NC[C@H](N)C(N)=O)nc1C(=O)N[C@@H](Cc1cccs1)C(=O)N[C@H](Cc1ccccc1)[C@@H](O)[C@H](C)C(=O)N[C@@H](CCS(C)=O)C(=O)NCCc1nc(-c2nc(C(=O)NCCCNCCCCNCCCN)cs2)c(Cl)s1. The van der Waals surface area contributed by atoms with E-state index in [1.807, 2.05) is 0 Å². The number of halogens is 1. The summed E-state index contributed by atoms with van der Waals surface area (Å²) in [7, 11) is -1.35. The van der Waals surface area contributed by atoms with Gasteiger partial charge in [-0.05, 0) is 95.2 Å². The van der Waals surface area contributed by atoms with Crippen LogP contribution in [0.1, 0.15) is 99.3 Å². The largest absolute Gasteiger partial charge is 0.390 e. The molecule has 19 N–H and O–H groups in total. The zero-order chi connectivity index (χ0) is 62.7. The van der Waals surface area contributed by atoms with E-state index in [9.17, 15) is 42.9 Å². The molecule has 0 aliphatic carbocycles. The number of thiophene rings is 1. The molecule has 4 aromatic heterocycles. The van der Waals surface area contributed by atoms with Gasteiger partial charge in [0.05, 0.1) is 35.2 Å². The van der Waals surface area contributed by atoms with E-state index < -0.39 is 88.5 Å². The number of aliphatic hydroxyl groups excluding tert-OH is 1. The number of hydrogen-bond acceptors (Lipinski definition) is 22. The maximum atomic E-state index is 14.6. The third-order valence-electron chi connectivity index (χ3n) is 13.5. The number of primary amides is 2. The van der Waals surface area contributed by atoms with Crippen molar-refractivity contribution in [2.75, 3.05) is 70.1 Å². The summed E-state index contributed by atoms with van der Waals surface area (Å²) in [6, 6.07) is 6.59. The van der Waals surface area contributed by atoms with E-state index in [2.05, 4.69) is 62.5 Å². The number of nitrogens with zero attached hydrogens (tertiary/aromatic N) is 4. The quantitative estimate of drug-likeness (QED) is 0.0231. The van der Waals surface area contributed by atoms with Gasteiger partial charge < -0.3 is 76.3 Å². The number of aliphatic hydroxyl groups is 1. The number of nitrogens with two attached hydrogens (primary N) is 5. The second-order valence-electron chi connectivity index (χ2n) is 20.4. The van der Waals surface area contributed by atoms with E-state index in [1.165, 1.54) is 54.1 Å². The molecule has 0 saturated heterocycles. The van der Waals surface area contributed by atoms with Gasteiger partial charge in [0.15, 0.2) is 0 Å². The van der Waals surface area contributed by atoms with E-state index in [-0.39, 0.29) is 85.4 Å². The van der Waals surface area contributed by atoms with Crippen molar-refractivity contribution < 1.29 is 42.9 Å². The predicted molar refractivity (Wildman–Crippen MR) is 335 cm³/mol. The Hall–Kier alpha value is -6.45. The Bertz CT molecular complexity index is 3030. The predicted octanol–water partition coefficient (Wildman–Crippen LogP) is 0.0868. The number of anilines is 1. The van der Waals surface area contributed by atoms with Crippen LogP contribution in [0.25, 0.3) is 10.7 Å². The van der Waals surface area contributed by atoms with Crippen molar-refractivity contribution >= 4 is 104 Å². The van der Waals surface area contributed by atoms with Gasteiger partial charge >= 0.3 is 0 Å². The van der Waals surface area contributed by atoms with E-state index in [1.54, 1.807) is 53.2 Å². The van der Waals surface area contributed by atoms with Gasteiger partial charge in [-0.1, -0.05) is 54.9 Å². The smallest absolute Gasteiger partial charge is 0.271 e. The second-order valence-corrected chi connectivity index (χ2v) is 25.5. The molecular formula is C55H80ClN17O9S4. The van der Waals surface area contributed by atoms with Crippen molar-refractivity contribution in [3.8, 4) is 10.7 Å². The Kier molecular flexibility index (Phi) is 30.0. The highest BCUT2D eigenvalue weighted by Gasteiger charge is 2.36. The average molecular weight is 1290 g/mol. The summed E-state index contributed by atoms with van der Waals surface area (Å²) in [4.78, 5) is 112. The maximum Gasteiger partial charge on any atom is 0.271 e. The number of unbranched alkanes of at least 4 members (excludes halogenated alkanes) is 1. The summed E-state index contributed by atoms with van der Waals surface area (Å²) >= 11 is 10.4. The fourth-order valence-electron chi connectivity index (χ4n) is 8.56. The average Bonchev–Trinajstić information content (AvgIpc) is 3.12. The van der Waals surface area contributed by atoms with Crippen LogP contribution >= 0.6 is 45.6 Å². The fraction of sp³-hybridized carbons (Fsp3) is 0.509. The van der Waals surface area contributed by atoms with Gasteiger partial charge in [0.2, 0.25) is 29.5 Å². The van der Waals surface area contributed by atoms with E-state index in [4.69, 9.17) is 40.3 Å². The monoisotopic (exact) mass is 1290 g/mol. The highest BCUT2D eigenvalue weighted by Crippen LogP contribution is 2.34. The minimum atomic E-state index is -1.58. The molecule has 1 aromatic carbocycles. The molecule has 470 valence electrons. The molecule has 0 aliphatic heterocycles. The molecule has 0 spiro atoms. The lowest BCUT2D eigenvalue weighted by Gasteiger charge is -2.31. The standard InChI is InChI=1S/C55H80ClN17O9S4/c1-31-43(72-49(73-47(31)60)38(28-41(59)74)66-29-35(58)48(61)76)54(81)69-39(27-34-14-9-24-83-34)53(80)68-37(26-33-12-5-4-6-13-33)45(75)32(2)50(77)67-36(16-25-86(3)82)51(78)65-23-15-42-71-44(46(56)85-42)55-70-40(30-84-55)52(79)64-22-11-21-63-19-8-7-18-62-20-10-17-57/h4-6,9,12-14,24,30,32,35-39,45,62-63,66,75H,7-8,10-11,15-23,25-29,57-58H2,1-3H3,(H2,59,74)(H2,61,76)(H,64,79)(H,65,78)(H,67,77)(H,68,80)(H,69,81)(H2,60,72,73)/t32-,35-,36-,37+,38-,39-,45-,86?/m0/s1. The molecule has 4 heterocycles. The number of aromatic nitrogens is 4. The van der Waals surface area contributed by atoms with Crippen molar-refractivity contribution in [2.24, 2.45) is 28.9 Å². The van der Waals surface area contributed by atoms with Crippen LogP contribution in [0.5, 0.6) is 0 Å². The maximum absolute atomic E-state index is 14.6. The zero-order valence-electron chi connectivity index (χ0n) is 48.4. The number of nitrogen functional groups attached to an aromatic ring is 1. The number of amides is 7. The molecule has 31 heteroatoms. The van der Waals surface area contributed by atoms with Gasteiger partial charge in [-0.15, -0.1) is 34.0 Å². The van der Waals surface area contributed by atoms with Crippen molar-refractivity contribution in [1.29, 1.82) is 0 Å². The Balaban J connectivity index is 1.23. The molecule has 0 bridgehead atoms. The molecular weight excluding hydrogens is 1210 g/mol. The Labute approximate surface area is 519 Å². The molecule has 1 unspecified atom stereocenters. The van der Waals surface area contributed by atoms with Crippen LogP contribution in [0, 0.1) is 12.8 Å². The number of benzene rings is 1. The number of nitrogens with one attached hydrogen (secondary N) is 8. The molecule has 26 nitrogen and oxygen atoms in total. The molecule has 0 radical (unpaired) electrons. The highest BCUT2D eigenvalue weighted by molar-refractivity contribution is 7.84. The topological polar surface area (TPSA) is 435 Å². The molecule has 5 rings (SSSR count). The van der Waals surface area contributed by atoms with Crippen LogP contribution in [-0.2, 0) is 54.0 Å². The summed E-state index contributed by atoms with van der Waals surface area (Å²) in [5, 5.41) is 40.3. The first kappa shape index (κ1) is 70.3. The van der Waals surface area contributed by atoms with Crippen LogP contribution < -0.4 is 71.2 Å². The van der Waals surface area contributed by atoms with Gasteiger partial charge in [-0.25, -0.2) is 19.9 Å².